The van der Waals surface area contributed by atoms with E-state index in [0.717, 1.165) is 32.3 Å². The van der Waals surface area contributed by atoms with Gasteiger partial charge in [-0.05, 0) is 12.8 Å². The van der Waals surface area contributed by atoms with Gasteiger partial charge in [0.1, 0.15) is 6.61 Å². The molecular weight excluding hydrogens is 424 g/mol. The number of unbranched alkanes of at least 4 members (excludes halogenated alkanes) is 9. The van der Waals surface area contributed by atoms with Gasteiger partial charge in [0.15, 0.2) is 0 Å². The fourth-order valence-corrected chi connectivity index (χ4v) is 3.09. The maximum atomic E-state index is 11.7. The van der Waals surface area contributed by atoms with Gasteiger partial charge in [0, 0.05) is 13.0 Å². The monoisotopic (exact) mass is 476 g/mol. The summed E-state index contributed by atoms with van der Waals surface area (Å²) in [5.74, 6) is -0.122. The van der Waals surface area contributed by atoms with Crippen molar-refractivity contribution in [2.75, 3.05) is 72.7 Å². The van der Waals surface area contributed by atoms with Crippen LogP contribution in [0.1, 0.15) is 90.9 Å². The molecule has 0 rings (SSSR count). The Kier molecular flexibility index (Phi) is 28.7. The zero-order valence-electron chi connectivity index (χ0n) is 21.6. The Morgan fingerprint density at radius 3 is 1.24 bits per heavy atom. The molecule has 0 amide bonds. The second-order valence-corrected chi connectivity index (χ2v) is 8.21. The summed E-state index contributed by atoms with van der Waals surface area (Å²) in [6.45, 7) is 10.3. The van der Waals surface area contributed by atoms with Crippen LogP contribution in [0.4, 0.5) is 0 Å². The van der Waals surface area contributed by atoms with Gasteiger partial charge >= 0.3 is 5.97 Å². The largest absolute Gasteiger partial charge is 0.463 e. The normalized spacial score (nSPS) is 11.2. The number of ether oxygens (including phenoxy) is 6. The van der Waals surface area contributed by atoms with Gasteiger partial charge < -0.3 is 28.4 Å². The van der Waals surface area contributed by atoms with Crippen molar-refractivity contribution in [3.05, 3.63) is 0 Å². The SMILES string of the molecule is CCCCCCCCCCCC(=O)OCCOCCOCCOCCOCCOCCCC. The Hall–Kier alpha value is -0.730. The Morgan fingerprint density at radius 2 is 0.788 bits per heavy atom. The van der Waals surface area contributed by atoms with E-state index in [4.69, 9.17) is 28.4 Å². The molecule has 0 aliphatic carbocycles. The van der Waals surface area contributed by atoms with E-state index in [2.05, 4.69) is 13.8 Å². The van der Waals surface area contributed by atoms with Gasteiger partial charge in [-0.1, -0.05) is 71.6 Å². The van der Waals surface area contributed by atoms with E-state index >= 15 is 0 Å². The van der Waals surface area contributed by atoms with Crippen LogP contribution in [0.25, 0.3) is 0 Å². The predicted molar refractivity (Wildman–Crippen MR) is 132 cm³/mol. The number of esters is 1. The molecule has 0 aliphatic rings. The molecule has 0 bridgehead atoms. The minimum atomic E-state index is -0.122. The molecule has 0 fully saturated rings. The minimum Gasteiger partial charge on any atom is -0.463 e. The van der Waals surface area contributed by atoms with Crippen LogP contribution in [0, 0.1) is 0 Å². The average molecular weight is 477 g/mol. The number of rotatable bonds is 28. The van der Waals surface area contributed by atoms with Crippen molar-refractivity contribution in [2.24, 2.45) is 0 Å². The van der Waals surface area contributed by atoms with Gasteiger partial charge in [-0.2, -0.15) is 0 Å². The second kappa shape index (κ2) is 29.3. The van der Waals surface area contributed by atoms with Crippen LogP contribution < -0.4 is 0 Å². The molecule has 7 heteroatoms. The lowest BCUT2D eigenvalue weighted by atomic mass is 10.1. The summed E-state index contributed by atoms with van der Waals surface area (Å²) in [6.07, 6.45) is 14.0. The van der Waals surface area contributed by atoms with E-state index in [0.29, 0.717) is 72.5 Å². The zero-order valence-corrected chi connectivity index (χ0v) is 21.6. The molecule has 0 aromatic heterocycles. The molecule has 7 nitrogen and oxygen atoms in total. The smallest absolute Gasteiger partial charge is 0.305 e. The third-order valence-corrected chi connectivity index (χ3v) is 5.11. The summed E-state index contributed by atoms with van der Waals surface area (Å²) in [5.41, 5.74) is 0. The lowest BCUT2D eigenvalue weighted by molar-refractivity contribution is -0.145. The zero-order chi connectivity index (χ0) is 24.1. The second-order valence-electron chi connectivity index (χ2n) is 8.21. The van der Waals surface area contributed by atoms with Crippen LogP contribution in [0.15, 0.2) is 0 Å². The fourth-order valence-electron chi connectivity index (χ4n) is 3.09. The third-order valence-electron chi connectivity index (χ3n) is 5.11. The maximum Gasteiger partial charge on any atom is 0.305 e. The third kappa shape index (κ3) is 29.2. The molecule has 0 unspecified atom stereocenters. The molecule has 0 saturated carbocycles. The van der Waals surface area contributed by atoms with Gasteiger partial charge in [0.05, 0.1) is 59.5 Å². The summed E-state index contributed by atoms with van der Waals surface area (Å²) >= 11 is 0. The van der Waals surface area contributed by atoms with Crippen molar-refractivity contribution in [2.45, 2.75) is 90.9 Å². The van der Waals surface area contributed by atoms with E-state index in [9.17, 15) is 4.79 Å². The maximum absolute atomic E-state index is 11.7. The molecule has 0 spiro atoms. The summed E-state index contributed by atoms with van der Waals surface area (Å²) in [4.78, 5) is 11.7. The molecule has 0 aromatic rings. The highest BCUT2D eigenvalue weighted by atomic mass is 16.6. The Labute approximate surface area is 203 Å². The van der Waals surface area contributed by atoms with E-state index in [1.807, 2.05) is 0 Å². The number of carbonyl (C=O) groups excluding carboxylic acids is 1. The van der Waals surface area contributed by atoms with Crippen LogP contribution in [0.3, 0.4) is 0 Å². The van der Waals surface area contributed by atoms with Crippen LogP contribution in [0.2, 0.25) is 0 Å². The summed E-state index contributed by atoms with van der Waals surface area (Å²) in [6, 6.07) is 0. The fraction of sp³-hybridized carbons (Fsp3) is 0.962. The lowest BCUT2D eigenvalue weighted by Gasteiger charge is -2.08. The average Bonchev–Trinajstić information content (AvgIpc) is 2.82. The Balaban J connectivity index is 3.12. The molecule has 0 N–H and O–H groups in total. The van der Waals surface area contributed by atoms with Crippen LogP contribution in [-0.2, 0) is 33.2 Å². The Bertz CT molecular complexity index is 380. The molecule has 0 aromatic carbocycles. The topological polar surface area (TPSA) is 72.5 Å². The first-order chi connectivity index (χ1) is 16.3. The summed E-state index contributed by atoms with van der Waals surface area (Å²) in [5, 5.41) is 0. The van der Waals surface area contributed by atoms with E-state index in [1.165, 1.54) is 44.9 Å². The van der Waals surface area contributed by atoms with Crippen molar-refractivity contribution < 1.29 is 33.2 Å². The van der Waals surface area contributed by atoms with Gasteiger partial charge in [0.25, 0.3) is 0 Å². The van der Waals surface area contributed by atoms with Crippen molar-refractivity contribution in [3.63, 3.8) is 0 Å². The van der Waals surface area contributed by atoms with Crippen LogP contribution in [-0.4, -0.2) is 78.6 Å². The van der Waals surface area contributed by atoms with E-state index in [1.54, 1.807) is 0 Å². The molecule has 0 atom stereocenters. The van der Waals surface area contributed by atoms with Crippen LogP contribution >= 0.6 is 0 Å². The van der Waals surface area contributed by atoms with Gasteiger partial charge in [-0.15, -0.1) is 0 Å². The first-order valence-electron chi connectivity index (χ1n) is 13.4. The first-order valence-corrected chi connectivity index (χ1v) is 13.4. The molecule has 198 valence electrons. The van der Waals surface area contributed by atoms with Gasteiger partial charge in [-0.25, -0.2) is 0 Å². The molecule has 0 radical (unpaired) electrons. The molecular formula is C26H52O7. The van der Waals surface area contributed by atoms with Crippen molar-refractivity contribution >= 4 is 5.97 Å². The van der Waals surface area contributed by atoms with E-state index < -0.39 is 0 Å². The summed E-state index contributed by atoms with van der Waals surface area (Å²) < 4.78 is 32.3. The molecule has 0 saturated heterocycles. The van der Waals surface area contributed by atoms with Crippen LogP contribution in [0.5, 0.6) is 0 Å². The lowest BCUT2D eigenvalue weighted by Crippen LogP contribution is -2.15. The van der Waals surface area contributed by atoms with Gasteiger partial charge in [0.2, 0.25) is 0 Å². The highest BCUT2D eigenvalue weighted by Crippen LogP contribution is 2.10. The minimum absolute atomic E-state index is 0.122. The first kappa shape index (κ1) is 32.3. The van der Waals surface area contributed by atoms with Crippen molar-refractivity contribution in [3.8, 4) is 0 Å². The number of carbonyl (C=O) groups is 1. The molecule has 0 heterocycles. The highest BCUT2D eigenvalue weighted by Gasteiger charge is 2.02. The Morgan fingerprint density at radius 1 is 0.424 bits per heavy atom. The van der Waals surface area contributed by atoms with E-state index in [-0.39, 0.29) is 5.97 Å². The summed E-state index contributed by atoms with van der Waals surface area (Å²) in [7, 11) is 0. The highest BCUT2D eigenvalue weighted by molar-refractivity contribution is 5.69. The van der Waals surface area contributed by atoms with Crippen molar-refractivity contribution in [1.82, 2.24) is 0 Å². The van der Waals surface area contributed by atoms with Crippen molar-refractivity contribution in [1.29, 1.82) is 0 Å². The number of hydrogen-bond acceptors (Lipinski definition) is 7. The van der Waals surface area contributed by atoms with Gasteiger partial charge in [-0.3, -0.25) is 4.79 Å². The number of hydrogen-bond donors (Lipinski definition) is 0. The quantitative estimate of drug-likeness (QED) is 0.112. The molecule has 0 aliphatic heterocycles. The predicted octanol–water partition coefficient (Wildman–Crippen LogP) is 5.33. The standard InChI is InChI=1S/C26H52O7/c1-3-5-7-8-9-10-11-12-13-14-26(27)33-25-24-32-23-22-31-21-20-30-19-18-29-17-16-28-15-6-4-2/h3-25H2,1-2H3. The molecule has 33 heavy (non-hydrogen) atoms.